The highest BCUT2D eigenvalue weighted by molar-refractivity contribution is 9.10. The van der Waals surface area contributed by atoms with Gasteiger partial charge in [0.2, 0.25) is 0 Å². The highest BCUT2D eigenvalue weighted by atomic mass is 79.9. The lowest BCUT2D eigenvalue weighted by Gasteiger charge is -1.96. The fraction of sp³-hybridized carbons (Fsp3) is 0.125. The number of hydrogen-bond donors (Lipinski definition) is 0. The van der Waals surface area contributed by atoms with Crippen molar-refractivity contribution in [1.82, 2.24) is 4.98 Å². The largest absolute Gasteiger partial charge is 0.243 e. The molecular weight excluding hydrogens is 305 g/mol. The summed E-state index contributed by atoms with van der Waals surface area (Å²) in [6.45, 7) is 0. The predicted octanol–water partition coefficient (Wildman–Crippen LogP) is 3.91. The SMILES string of the molecule is Clc1ncc(Br)cc1C=CCBr. The summed E-state index contributed by atoms with van der Waals surface area (Å²) < 4.78 is 0.932. The van der Waals surface area contributed by atoms with Crippen LogP contribution in [-0.4, -0.2) is 10.3 Å². The standard InChI is InChI=1S/C8H6Br2ClN/c9-3-1-2-6-4-7(10)5-12-8(6)11/h1-2,4-5H,3H2. The number of hydrogen-bond acceptors (Lipinski definition) is 1. The highest BCUT2D eigenvalue weighted by Gasteiger charge is 1.97. The van der Waals surface area contributed by atoms with Crippen LogP contribution in [0.1, 0.15) is 5.56 Å². The molecule has 0 aliphatic rings. The summed E-state index contributed by atoms with van der Waals surface area (Å²) in [7, 11) is 0. The number of allylic oxidation sites excluding steroid dienone is 1. The van der Waals surface area contributed by atoms with E-state index in [2.05, 4.69) is 36.8 Å². The zero-order valence-electron chi connectivity index (χ0n) is 6.10. The van der Waals surface area contributed by atoms with Gasteiger partial charge in [-0.2, -0.15) is 0 Å². The molecule has 4 heteroatoms. The maximum Gasteiger partial charge on any atom is 0.136 e. The molecule has 64 valence electrons. The average Bonchev–Trinajstić information content (AvgIpc) is 2.07. The second-order valence-corrected chi connectivity index (χ2v) is 4.01. The molecule has 0 N–H and O–H groups in total. The van der Waals surface area contributed by atoms with E-state index in [1.54, 1.807) is 6.20 Å². The van der Waals surface area contributed by atoms with Crippen LogP contribution in [-0.2, 0) is 0 Å². The Balaban J connectivity index is 2.97. The quantitative estimate of drug-likeness (QED) is 0.596. The molecule has 0 spiro atoms. The fourth-order valence-corrected chi connectivity index (χ4v) is 1.43. The molecule has 0 atom stereocenters. The zero-order valence-corrected chi connectivity index (χ0v) is 10.0. The summed E-state index contributed by atoms with van der Waals surface area (Å²) >= 11 is 12.4. The van der Waals surface area contributed by atoms with Gasteiger partial charge in [0, 0.05) is 21.6 Å². The monoisotopic (exact) mass is 309 g/mol. The third-order valence-electron chi connectivity index (χ3n) is 1.22. The van der Waals surface area contributed by atoms with Crippen molar-refractivity contribution in [1.29, 1.82) is 0 Å². The van der Waals surface area contributed by atoms with Gasteiger partial charge in [0.25, 0.3) is 0 Å². The fourth-order valence-electron chi connectivity index (χ4n) is 0.727. The summed E-state index contributed by atoms with van der Waals surface area (Å²) in [6, 6.07) is 1.93. The van der Waals surface area contributed by atoms with Crippen LogP contribution in [0.15, 0.2) is 22.8 Å². The Morgan fingerprint density at radius 1 is 1.58 bits per heavy atom. The second kappa shape index (κ2) is 5.00. The van der Waals surface area contributed by atoms with Crippen molar-refractivity contribution in [2.75, 3.05) is 5.33 Å². The predicted molar refractivity (Wildman–Crippen MR) is 59.8 cm³/mol. The molecule has 0 radical (unpaired) electrons. The molecule has 1 nitrogen and oxygen atoms in total. The molecule has 0 aliphatic carbocycles. The van der Waals surface area contributed by atoms with Crippen LogP contribution in [0.5, 0.6) is 0 Å². The molecule has 0 bridgehead atoms. The van der Waals surface area contributed by atoms with E-state index in [-0.39, 0.29) is 0 Å². The Morgan fingerprint density at radius 2 is 2.33 bits per heavy atom. The van der Waals surface area contributed by atoms with Crippen LogP contribution in [0.4, 0.5) is 0 Å². The van der Waals surface area contributed by atoms with E-state index in [0.717, 1.165) is 15.4 Å². The minimum atomic E-state index is 0.524. The van der Waals surface area contributed by atoms with Gasteiger partial charge in [0.15, 0.2) is 0 Å². The molecule has 1 aromatic heterocycles. The molecule has 0 unspecified atom stereocenters. The minimum absolute atomic E-state index is 0.524. The number of alkyl halides is 1. The first kappa shape index (κ1) is 10.2. The first-order chi connectivity index (χ1) is 5.74. The summed E-state index contributed by atoms with van der Waals surface area (Å²) in [4.78, 5) is 3.98. The Hall–Kier alpha value is 0.140. The van der Waals surface area contributed by atoms with Gasteiger partial charge >= 0.3 is 0 Å². The average molecular weight is 311 g/mol. The Morgan fingerprint density at radius 3 is 3.00 bits per heavy atom. The van der Waals surface area contributed by atoms with Crippen molar-refractivity contribution in [3.05, 3.63) is 33.5 Å². The number of rotatable bonds is 2. The molecule has 0 aliphatic heterocycles. The lowest BCUT2D eigenvalue weighted by atomic mass is 10.3. The van der Waals surface area contributed by atoms with Gasteiger partial charge in [-0.1, -0.05) is 39.7 Å². The van der Waals surface area contributed by atoms with E-state index in [1.165, 1.54) is 0 Å². The zero-order chi connectivity index (χ0) is 8.97. The van der Waals surface area contributed by atoms with Crippen molar-refractivity contribution < 1.29 is 0 Å². The number of aromatic nitrogens is 1. The first-order valence-electron chi connectivity index (χ1n) is 3.27. The number of pyridine rings is 1. The Labute approximate surface area is 93.1 Å². The summed E-state index contributed by atoms with van der Waals surface area (Å²) in [5.74, 6) is 0. The van der Waals surface area contributed by atoms with Gasteiger partial charge < -0.3 is 0 Å². The smallest absolute Gasteiger partial charge is 0.136 e. The summed E-state index contributed by atoms with van der Waals surface area (Å²) in [5.41, 5.74) is 0.922. The third kappa shape index (κ3) is 2.88. The molecular formula is C8H6Br2ClN. The van der Waals surface area contributed by atoms with Crippen LogP contribution in [0.25, 0.3) is 6.08 Å². The van der Waals surface area contributed by atoms with Crippen molar-refractivity contribution in [3.8, 4) is 0 Å². The number of halogens is 3. The molecule has 1 aromatic rings. The van der Waals surface area contributed by atoms with Gasteiger partial charge in [-0.3, -0.25) is 0 Å². The number of nitrogens with zero attached hydrogens (tertiary/aromatic N) is 1. The van der Waals surface area contributed by atoms with Gasteiger partial charge in [-0.15, -0.1) is 0 Å². The van der Waals surface area contributed by atoms with Crippen molar-refractivity contribution in [2.45, 2.75) is 0 Å². The maximum atomic E-state index is 5.83. The molecule has 1 rings (SSSR count). The van der Waals surface area contributed by atoms with Gasteiger partial charge in [0.1, 0.15) is 5.15 Å². The maximum absolute atomic E-state index is 5.83. The topological polar surface area (TPSA) is 12.9 Å². The van der Waals surface area contributed by atoms with E-state index in [0.29, 0.717) is 5.15 Å². The molecule has 1 heterocycles. The van der Waals surface area contributed by atoms with E-state index in [1.807, 2.05) is 18.2 Å². The van der Waals surface area contributed by atoms with Crippen LogP contribution >= 0.6 is 43.5 Å². The normalized spacial score (nSPS) is 10.9. The molecule has 0 aromatic carbocycles. The molecule has 0 amide bonds. The van der Waals surface area contributed by atoms with Gasteiger partial charge in [-0.05, 0) is 22.0 Å². The van der Waals surface area contributed by atoms with Crippen LogP contribution < -0.4 is 0 Å². The van der Waals surface area contributed by atoms with Crippen LogP contribution in [0, 0.1) is 0 Å². The summed E-state index contributed by atoms with van der Waals surface area (Å²) in [6.07, 6.45) is 5.57. The second-order valence-electron chi connectivity index (χ2n) is 2.09. The van der Waals surface area contributed by atoms with Crippen LogP contribution in [0.3, 0.4) is 0 Å². The van der Waals surface area contributed by atoms with E-state index in [4.69, 9.17) is 11.6 Å². The molecule has 12 heavy (non-hydrogen) atoms. The lowest BCUT2D eigenvalue weighted by Crippen LogP contribution is -1.80. The van der Waals surface area contributed by atoms with Crippen molar-refractivity contribution >= 4 is 49.5 Å². The Kier molecular flexibility index (Phi) is 4.26. The van der Waals surface area contributed by atoms with Crippen LogP contribution in [0.2, 0.25) is 5.15 Å². The van der Waals surface area contributed by atoms with Crippen molar-refractivity contribution in [2.24, 2.45) is 0 Å². The molecule has 0 saturated heterocycles. The van der Waals surface area contributed by atoms with Gasteiger partial charge in [0.05, 0.1) is 0 Å². The summed E-state index contributed by atoms with van der Waals surface area (Å²) in [5, 5.41) is 1.34. The minimum Gasteiger partial charge on any atom is -0.243 e. The van der Waals surface area contributed by atoms with E-state index in [9.17, 15) is 0 Å². The lowest BCUT2D eigenvalue weighted by molar-refractivity contribution is 1.30. The van der Waals surface area contributed by atoms with E-state index < -0.39 is 0 Å². The first-order valence-corrected chi connectivity index (χ1v) is 5.57. The van der Waals surface area contributed by atoms with Crippen molar-refractivity contribution in [3.63, 3.8) is 0 Å². The third-order valence-corrected chi connectivity index (χ3v) is 2.34. The Bertz CT molecular complexity index is 299. The van der Waals surface area contributed by atoms with E-state index >= 15 is 0 Å². The van der Waals surface area contributed by atoms with Gasteiger partial charge in [-0.25, -0.2) is 4.98 Å². The molecule has 0 saturated carbocycles. The molecule has 0 fully saturated rings. The highest BCUT2D eigenvalue weighted by Crippen LogP contribution is 2.19.